The lowest BCUT2D eigenvalue weighted by atomic mass is 10.2. The zero-order valence-corrected chi connectivity index (χ0v) is 11.8. The summed E-state index contributed by atoms with van der Waals surface area (Å²) in [5.41, 5.74) is -0.0867. The molecule has 0 spiro atoms. The molecule has 1 aromatic carbocycles. The number of sulfonamides is 1. The summed E-state index contributed by atoms with van der Waals surface area (Å²) >= 11 is 0. The van der Waals surface area contributed by atoms with Gasteiger partial charge in [0.1, 0.15) is 0 Å². The van der Waals surface area contributed by atoms with Crippen molar-refractivity contribution in [1.82, 2.24) is 4.31 Å². The minimum absolute atomic E-state index is 0.273. The fourth-order valence-electron chi connectivity index (χ4n) is 2.54. The highest BCUT2D eigenvalue weighted by molar-refractivity contribution is 7.89. The maximum Gasteiger partial charge on any atom is 0.289 e. The van der Waals surface area contributed by atoms with E-state index >= 15 is 0 Å². The minimum atomic E-state index is -3.97. The highest BCUT2D eigenvalue weighted by Gasteiger charge is 2.39. The molecule has 0 radical (unpaired) electrons. The molecular weight excluding hydrogens is 284 g/mol. The third-order valence-electron chi connectivity index (χ3n) is 3.49. The van der Waals surface area contributed by atoms with Crippen LogP contribution in [-0.4, -0.2) is 41.9 Å². The molecule has 1 aliphatic rings. The second-order valence-electron chi connectivity index (χ2n) is 4.77. The van der Waals surface area contributed by atoms with Gasteiger partial charge in [-0.25, -0.2) is 8.42 Å². The van der Waals surface area contributed by atoms with Gasteiger partial charge in [0.2, 0.25) is 0 Å². The van der Waals surface area contributed by atoms with E-state index in [-0.39, 0.29) is 18.0 Å². The molecule has 0 aromatic heterocycles. The molecule has 110 valence electrons. The average molecular weight is 300 g/mol. The van der Waals surface area contributed by atoms with E-state index in [4.69, 9.17) is 0 Å². The average Bonchev–Trinajstić information content (AvgIpc) is 2.87. The fourth-order valence-corrected chi connectivity index (χ4v) is 4.59. The summed E-state index contributed by atoms with van der Waals surface area (Å²) in [6, 6.07) is 3.67. The molecule has 1 saturated heterocycles. The second-order valence-corrected chi connectivity index (χ2v) is 6.60. The smallest absolute Gasteiger partial charge is 0.289 e. The summed E-state index contributed by atoms with van der Waals surface area (Å²) in [6.07, 6.45) is 1.21. The van der Waals surface area contributed by atoms with Crippen molar-refractivity contribution in [2.45, 2.75) is 30.7 Å². The fraction of sp³-hybridized carbons (Fsp3) is 0.500. The monoisotopic (exact) mass is 300 g/mol. The number of nitrogens with zero attached hydrogens (tertiary/aromatic N) is 2. The molecule has 1 unspecified atom stereocenters. The van der Waals surface area contributed by atoms with E-state index in [0.29, 0.717) is 18.4 Å². The van der Waals surface area contributed by atoms with Crippen LogP contribution in [0.15, 0.2) is 23.1 Å². The SMILES string of the molecule is Cc1cccc([N+](=O)[O-])c1S(=O)(=O)N1CCCC1CO. The Morgan fingerprint density at radius 1 is 1.50 bits per heavy atom. The first kappa shape index (κ1) is 14.9. The quantitative estimate of drug-likeness (QED) is 0.661. The van der Waals surface area contributed by atoms with Crippen molar-refractivity contribution in [2.24, 2.45) is 0 Å². The summed E-state index contributed by atoms with van der Waals surface area (Å²) in [4.78, 5) is 10.1. The highest BCUT2D eigenvalue weighted by atomic mass is 32.2. The van der Waals surface area contributed by atoms with Crippen LogP contribution in [0.5, 0.6) is 0 Å². The van der Waals surface area contributed by atoms with Gasteiger partial charge in [-0.3, -0.25) is 10.1 Å². The van der Waals surface area contributed by atoms with Crippen LogP contribution in [0.3, 0.4) is 0 Å². The van der Waals surface area contributed by atoms with Gasteiger partial charge in [0.05, 0.1) is 11.5 Å². The van der Waals surface area contributed by atoms with Crippen molar-refractivity contribution in [3.63, 3.8) is 0 Å². The van der Waals surface area contributed by atoms with E-state index in [9.17, 15) is 23.6 Å². The van der Waals surface area contributed by atoms with Crippen LogP contribution in [0.2, 0.25) is 0 Å². The first-order valence-electron chi connectivity index (χ1n) is 6.26. The predicted octanol–water partition coefficient (Wildman–Crippen LogP) is 1.05. The van der Waals surface area contributed by atoms with E-state index in [1.807, 2.05) is 0 Å². The normalized spacial score (nSPS) is 20.2. The topological polar surface area (TPSA) is 101 Å². The Labute approximate surface area is 117 Å². The maximum atomic E-state index is 12.7. The van der Waals surface area contributed by atoms with E-state index in [1.54, 1.807) is 0 Å². The largest absolute Gasteiger partial charge is 0.395 e. The Morgan fingerprint density at radius 2 is 2.20 bits per heavy atom. The van der Waals surface area contributed by atoms with E-state index in [1.165, 1.54) is 29.4 Å². The number of nitro groups is 1. The molecular formula is C12H16N2O5S. The van der Waals surface area contributed by atoms with Crippen molar-refractivity contribution in [3.05, 3.63) is 33.9 Å². The second kappa shape index (κ2) is 5.47. The van der Waals surface area contributed by atoms with Crippen molar-refractivity contribution in [1.29, 1.82) is 0 Å². The molecule has 7 nitrogen and oxygen atoms in total. The third kappa shape index (κ3) is 2.41. The van der Waals surface area contributed by atoms with Gasteiger partial charge in [0.25, 0.3) is 15.7 Å². The lowest BCUT2D eigenvalue weighted by Crippen LogP contribution is -2.38. The molecule has 1 heterocycles. The zero-order valence-electron chi connectivity index (χ0n) is 11.0. The molecule has 8 heteroatoms. The molecule has 2 rings (SSSR count). The number of aliphatic hydroxyl groups is 1. The summed E-state index contributed by atoms with van der Waals surface area (Å²) in [7, 11) is -3.97. The number of nitro benzene ring substituents is 1. The van der Waals surface area contributed by atoms with Gasteiger partial charge in [-0.2, -0.15) is 4.31 Å². The van der Waals surface area contributed by atoms with Gasteiger partial charge in [0, 0.05) is 18.7 Å². The van der Waals surface area contributed by atoms with Crippen LogP contribution in [0.4, 0.5) is 5.69 Å². The molecule has 1 aromatic rings. The molecule has 1 aliphatic heterocycles. The van der Waals surface area contributed by atoms with Crippen molar-refractivity contribution in [2.75, 3.05) is 13.2 Å². The molecule has 1 N–H and O–H groups in total. The minimum Gasteiger partial charge on any atom is -0.395 e. The van der Waals surface area contributed by atoms with Gasteiger partial charge in [0.15, 0.2) is 4.90 Å². The molecule has 0 amide bonds. The Morgan fingerprint density at radius 3 is 2.80 bits per heavy atom. The van der Waals surface area contributed by atoms with Crippen molar-refractivity contribution in [3.8, 4) is 0 Å². The Balaban J connectivity index is 2.58. The van der Waals surface area contributed by atoms with Crippen LogP contribution in [0.25, 0.3) is 0 Å². The Bertz CT molecular complexity index is 629. The summed E-state index contributed by atoms with van der Waals surface area (Å²) < 4.78 is 26.5. The Hall–Kier alpha value is -1.51. The number of aliphatic hydroxyl groups excluding tert-OH is 1. The number of benzene rings is 1. The Kier molecular flexibility index (Phi) is 4.07. The lowest BCUT2D eigenvalue weighted by Gasteiger charge is -2.23. The predicted molar refractivity (Wildman–Crippen MR) is 71.8 cm³/mol. The maximum absolute atomic E-state index is 12.7. The third-order valence-corrected chi connectivity index (χ3v) is 5.63. The first-order chi connectivity index (χ1) is 9.39. The van der Waals surface area contributed by atoms with Gasteiger partial charge >= 0.3 is 0 Å². The van der Waals surface area contributed by atoms with E-state index in [0.717, 1.165) is 0 Å². The molecule has 0 bridgehead atoms. The van der Waals surface area contributed by atoms with Crippen LogP contribution >= 0.6 is 0 Å². The number of hydrogen-bond acceptors (Lipinski definition) is 5. The van der Waals surface area contributed by atoms with Gasteiger partial charge in [-0.15, -0.1) is 0 Å². The molecule has 0 aliphatic carbocycles. The van der Waals surface area contributed by atoms with Gasteiger partial charge < -0.3 is 5.11 Å². The van der Waals surface area contributed by atoms with Crippen molar-refractivity contribution < 1.29 is 18.4 Å². The first-order valence-corrected chi connectivity index (χ1v) is 7.70. The molecule has 1 fully saturated rings. The summed E-state index contributed by atoms with van der Waals surface area (Å²) in [6.45, 7) is 1.53. The molecule has 20 heavy (non-hydrogen) atoms. The van der Waals surface area contributed by atoms with Crippen LogP contribution in [0, 0.1) is 17.0 Å². The standard InChI is InChI=1S/C12H16N2O5S/c1-9-4-2-6-11(14(16)17)12(9)20(18,19)13-7-3-5-10(13)8-15/h2,4,6,10,15H,3,5,7-8H2,1H3. The molecule has 0 saturated carbocycles. The molecule has 1 atom stereocenters. The summed E-state index contributed by atoms with van der Waals surface area (Å²) in [5.74, 6) is 0. The van der Waals surface area contributed by atoms with Gasteiger partial charge in [-0.05, 0) is 25.3 Å². The van der Waals surface area contributed by atoms with E-state index in [2.05, 4.69) is 0 Å². The van der Waals surface area contributed by atoms with Crippen LogP contribution < -0.4 is 0 Å². The van der Waals surface area contributed by atoms with Crippen molar-refractivity contribution >= 4 is 15.7 Å². The number of rotatable bonds is 4. The number of aryl methyl sites for hydroxylation is 1. The van der Waals surface area contributed by atoms with Crippen LogP contribution in [0.1, 0.15) is 18.4 Å². The van der Waals surface area contributed by atoms with E-state index < -0.39 is 26.7 Å². The van der Waals surface area contributed by atoms with Crippen LogP contribution in [-0.2, 0) is 10.0 Å². The van der Waals surface area contributed by atoms with Gasteiger partial charge in [-0.1, -0.05) is 12.1 Å². The zero-order chi connectivity index (χ0) is 14.9. The lowest BCUT2D eigenvalue weighted by molar-refractivity contribution is -0.387. The number of hydrogen-bond donors (Lipinski definition) is 1. The summed E-state index contributed by atoms with van der Waals surface area (Å²) in [5, 5.41) is 20.3. The highest BCUT2D eigenvalue weighted by Crippen LogP contribution is 2.33.